The Kier molecular flexibility index (Phi) is 4.32. The first-order chi connectivity index (χ1) is 13.1. The van der Waals surface area contributed by atoms with Crippen LogP contribution < -0.4 is 4.72 Å². The number of rotatable bonds is 4. The maximum absolute atomic E-state index is 12.6. The van der Waals surface area contributed by atoms with E-state index in [1.807, 2.05) is 0 Å². The number of sulfonamides is 1. The molecule has 3 heterocycles. The number of hydrogen-bond acceptors (Lipinski definition) is 7. The molecule has 0 bridgehead atoms. The number of thiazole rings is 1. The number of alkyl halides is 3. The van der Waals surface area contributed by atoms with E-state index in [0.717, 1.165) is 0 Å². The maximum atomic E-state index is 12.6. The van der Waals surface area contributed by atoms with Gasteiger partial charge in [-0.3, -0.25) is 9.12 Å². The Morgan fingerprint density at radius 3 is 2.54 bits per heavy atom. The van der Waals surface area contributed by atoms with E-state index in [1.54, 1.807) is 5.38 Å². The first kappa shape index (κ1) is 18.7. The standard InChI is InChI=1S/C14H7ClF3N5O3S2/c15-9-11(23-5-6-27-13(23)19-9)28(24,25)22-8-3-1-7(2-4-8)10-20-12(26-21-10)14(16,17)18/h1-6,22H. The van der Waals surface area contributed by atoms with Crippen LogP contribution in [0, 0.1) is 0 Å². The second kappa shape index (κ2) is 6.46. The summed E-state index contributed by atoms with van der Waals surface area (Å²) >= 11 is 7.16. The van der Waals surface area contributed by atoms with Crippen molar-refractivity contribution in [1.29, 1.82) is 0 Å². The van der Waals surface area contributed by atoms with E-state index < -0.39 is 22.1 Å². The van der Waals surface area contributed by atoms with Gasteiger partial charge in [-0.1, -0.05) is 16.8 Å². The summed E-state index contributed by atoms with van der Waals surface area (Å²) in [6.45, 7) is 0. The topological polar surface area (TPSA) is 102 Å². The smallest absolute Gasteiger partial charge is 0.329 e. The van der Waals surface area contributed by atoms with Crippen molar-refractivity contribution in [3.05, 3.63) is 46.9 Å². The van der Waals surface area contributed by atoms with Gasteiger partial charge >= 0.3 is 12.1 Å². The first-order valence-corrected chi connectivity index (χ1v) is 10.0. The monoisotopic (exact) mass is 449 g/mol. The second-order valence-electron chi connectivity index (χ2n) is 5.37. The van der Waals surface area contributed by atoms with Gasteiger partial charge < -0.3 is 4.52 Å². The zero-order valence-electron chi connectivity index (χ0n) is 13.3. The summed E-state index contributed by atoms with van der Waals surface area (Å²) in [6, 6.07) is 5.38. The average molecular weight is 450 g/mol. The second-order valence-corrected chi connectivity index (χ2v) is 8.20. The third kappa shape index (κ3) is 3.31. The number of benzene rings is 1. The molecule has 4 rings (SSSR count). The normalized spacial score (nSPS) is 12.6. The van der Waals surface area contributed by atoms with Crippen molar-refractivity contribution in [3.8, 4) is 11.4 Å². The molecule has 1 N–H and O–H groups in total. The molecular weight excluding hydrogens is 443 g/mol. The fraction of sp³-hybridized carbons (Fsp3) is 0.0714. The third-order valence-corrected chi connectivity index (χ3v) is 6.03. The zero-order valence-corrected chi connectivity index (χ0v) is 15.7. The molecule has 0 atom stereocenters. The van der Waals surface area contributed by atoms with Gasteiger partial charge in [0.25, 0.3) is 10.0 Å². The predicted octanol–water partition coefficient (Wildman–Crippen LogP) is 3.92. The molecular formula is C14H7ClF3N5O3S2. The zero-order chi connectivity index (χ0) is 20.1. The van der Waals surface area contributed by atoms with E-state index in [4.69, 9.17) is 11.6 Å². The van der Waals surface area contributed by atoms with Crippen LogP contribution in [-0.4, -0.2) is 27.9 Å². The summed E-state index contributed by atoms with van der Waals surface area (Å²) in [5.74, 6) is -1.75. The number of hydrogen-bond donors (Lipinski definition) is 1. The van der Waals surface area contributed by atoms with Gasteiger partial charge in [0.15, 0.2) is 15.1 Å². The van der Waals surface area contributed by atoms with Crippen LogP contribution in [0.5, 0.6) is 0 Å². The molecule has 8 nitrogen and oxygen atoms in total. The Bertz CT molecular complexity index is 1260. The summed E-state index contributed by atoms with van der Waals surface area (Å²) in [5.41, 5.74) is 0.370. The lowest BCUT2D eigenvalue weighted by atomic mass is 10.2. The number of imidazole rings is 1. The van der Waals surface area contributed by atoms with E-state index in [2.05, 4.69) is 24.4 Å². The van der Waals surface area contributed by atoms with E-state index in [9.17, 15) is 21.6 Å². The van der Waals surface area contributed by atoms with Crippen LogP contribution in [-0.2, 0) is 16.2 Å². The molecule has 14 heteroatoms. The fourth-order valence-electron chi connectivity index (χ4n) is 2.33. The van der Waals surface area contributed by atoms with E-state index >= 15 is 0 Å². The quantitative estimate of drug-likeness (QED) is 0.506. The summed E-state index contributed by atoms with van der Waals surface area (Å²) in [4.78, 5) is 7.65. The van der Waals surface area contributed by atoms with Crippen LogP contribution in [0.4, 0.5) is 18.9 Å². The summed E-state index contributed by atoms with van der Waals surface area (Å²) in [6.07, 6.45) is -3.23. The van der Waals surface area contributed by atoms with Gasteiger partial charge in [0.1, 0.15) is 0 Å². The molecule has 3 aromatic heterocycles. The Balaban J connectivity index is 1.60. The summed E-state index contributed by atoms with van der Waals surface area (Å²) < 4.78 is 70.7. The minimum absolute atomic E-state index is 0.157. The molecule has 0 aliphatic carbocycles. The average Bonchev–Trinajstić information content (AvgIpc) is 3.29. The van der Waals surface area contributed by atoms with Gasteiger partial charge in [0.05, 0.1) is 0 Å². The number of fused-ring (bicyclic) bond motifs is 1. The largest absolute Gasteiger partial charge is 0.471 e. The van der Waals surface area contributed by atoms with Gasteiger partial charge in [-0.25, -0.2) is 4.98 Å². The Morgan fingerprint density at radius 1 is 1.18 bits per heavy atom. The van der Waals surface area contributed by atoms with Crippen LogP contribution in [0.1, 0.15) is 5.89 Å². The van der Waals surface area contributed by atoms with E-state index in [0.29, 0.717) is 4.96 Å². The highest BCUT2D eigenvalue weighted by atomic mass is 35.5. The molecule has 0 spiro atoms. The highest BCUT2D eigenvalue weighted by Crippen LogP contribution is 2.30. The number of anilines is 1. The lowest BCUT2D eigenvalue weighted by molar-refractivity contribution is -0.159. The lowest BCUT2D eigenvalue weighted by Gasteiger charge is -2.08. The minimum Gasteiger partial charge on any atom is -0.329 e. The molecule has 1 aromatic carbocycles. The van der Waals surface area contributed by atoms with Crippen molar-refractivity contribution in [2.75, 3.05) is 4.72 Å². The van der Waals surface area contributed by atoms with Crippen molar-refractivity contribution in [2.45, 2.75) is 11.2 Å². The number of nitrogens with one attached hydrogen (secondary N) is 1. The molecule has 0 aliphatic rings. The van der Waals surface area contributed by atoms with Crippen LogP contribution >= 0.6 is 22.9 Å². The summed E-state index contributed by atoms with van der Waals surface area (Å²) in [5, 5.41) is 4.53. The van der Waals surface area contributed by atoms with Crippen LogP contribution in [0.25, 0.3) is 16.3 Å². The minimum atomic E-state index is -4.75. The van der Waals surface area contributed by atoms with Crippen molar-refractivity contribution in [1.82, 2.24) is 19.5 Å². The molecule has 0 unspecified atom stereocenters. The predicted molar refractivity (Wildman–Crippen MR) is 93.6 cm³/mol. The fourth-order valence-corrected chi connectivity index (χ4v) is 4.84. The van der Waals surface area contributed by atoms with Crippen molar-refractivity contribution >= 4 is 43.6 Å². The highest BCUT2D eigenvalue weighted by molar-refractivity contribution is 7.92. The van der Waals surface area contributed by atoms with Crippen molar-refractivity contribution in [3.63, 3.8) is 0 Å². The number of halogens is 4. The molecule has 0 saturated carbocycles. The third-order valence-electron chi connectivity index (χ3n) is 3.50. The maximum Gasteiger partial charge on any atom is 0.471 e. The van der Waals surface area contributed by atoms with Crippen LogP contribution in [0.2, 0.25) is 5.15 Å². The van der Waals surface area contributed by atoms with Crippen LogP contribution in [0.3, 0.4) is 0 Å². The summed E-state index contributed by atoms with van der Waals surface area (Å²) in [7, 11) is -4.06. The number of nitrogens with zero attached hydrogens (tertiary/aromatic N) is 4. The molecule has 0 radical (unpaired) electrons. The van der Waals surface area contributed by atoms with Gasteiger partial charge in [-0.15, -0.1) is 11.3 Å². The van der Waals surface area contributed by atoms with Crippen molar-refractivity contribution < 1.29 is 26.1 Å². The van der Waals surface area contributed by atoms with E-state index in [1.165, 1.54) is 46.2 Å². The van der Waals surface area contributed by atoms with Gasteiger partial charge in [-0.2, -0.15) is 26.6 Å². The molecule has 4 aromatic rings. The number of aromatic nitrogens is 4. The van der Waals surface area contributed by atoms with Gasteiger partial charge in [0.2, 0.25) is 5.82 Å². The Labute approximate surface area is 163 Å². The molecule has 28 heavy (non-hydrogen) atoms. The van der Waals surface area contributed by atoms with Gasteiger partial charge in [-0.05, 0) is 24.3 Å². The van der Waals surface area contributed by atoms with Crippen molar-refractivity contribution in [2.24, 2.45) is 0 Å². The van der Waals surface area contributed by atoms with Gasteiger partial charge in [0, 0.05) is 22.8 Å². The molecule has 0 amide bonds. The Morgan fingerprint density at radius 2 is 1.89 bits per heavy atom. The first-order valence-electron chi connectivity index (χ1n) is 7.30. The highest BCUT2D eigenvalue weighted by Gasteiger charge is 2.38. The molecule has 0 saturated heterocycles. The SMILES string of the molecule is O=S(=O)(Nc1ccc(-c2noc(C(F)(F)F)n2)cc1)c1c(Cl)nc2sccn12. The van der Waals surface area contributed by atoms with Crippen LogP contribution in [0.15, 0.2) is 45.4 Å². The molecule has 0 aliphatic heterocycles. The lowest BCUT2D eigenvalue weighted by Crippen LogP contribution is -2.15. The molecule has 146 valence electrons. The van der Waals surface area contributed by atoms with E-state index in [-0.39, 0.29) is 27.3 Å². The Hall–Kier alpha value is -2.64. The molecule has 0 fully saturated rings.